The predicted molar refractivity (Wildman–Crippen MR) is 482 cm³/mol. The van der Waals surface area contributed by atoms with Gasteiger partial charge < -0.3 is 14.2 Å². The van der Waals surface area contributed by atoms with Gasteiger partial charge in [-0.05, 0) is 279 Å². The fourth-order valence-corrected chi connectivity index (χ4v) is 12.0. The molecule has 2 saturated heterocycles. The number of hydrogen-bond acceptors (Lipinski definition) is 5. The van der Waals surface area contributed by atoms with E-state index < -0.39 is 23.3 Å². The van der Waals surface area contributed by atoms with Crippen LogP contribution in [0.2, 0.25) is 0 Å². The SMILES string of the molecule is CC1CCC(C)CC1.CC1CCC(C)OC1.CC1COC(C)OC1.Cc1cc(F)c(C)c(F)c1.Cc1ccc(C)c(C)c1.Cc1ccc(C)c(C)c1.Cc1ccc(C)c(F)c1.Cc1ccc(C)cc1.Cc1ccc2c(F)c(C)c(F)cc2c1.Cc1ccc2c(F)c(C)ccc2c1.Cc1ccc2cc(C)ccc2c1.Cc1cnc(C)nc1. The molecule has 1 aromatic heterocycles. The first kappa shape index (κ1) is 99.1. The van der Waals surface area contributed by atoms with Crippen molar-refractivity contribution in [3.05, 3.63) is 341 Å². The monoisotopic (exact) mass is 1590 g/mol. The summed E-state index contributed by atoms with van der Waals surface area (Å²) in [6.07, 6.45) is 12.6. The molecule has 0 bridgehead atoms. The van der Waals surface area contributed by atoms with E-state index in [2.05, 4.69) is 211 Å². The van der Waals surface area contributed by atoms with Gasteiger partial charge in [-0.25, -0.2) is 36.3 Å². The van der Waals surface area contributed by atoms with Crippen LogP contribution in [0.4, 0.5) is 26.3 Å². The molecule has 2 aliphatic heterocycles. The molecule has 0 radical (unpaired) electrons. The Balaban J connectivity index is 0.000000268. The number of nitrogens with zero attached hydrogens (tertiary/aromatic N) is 2. The van der Waals surface area contributed by atoms with Crippen molar-refractivity contribution in [1.82, 2.24) is 9.97 Å². The first-order valence-electron chi connectivity index (χ1n) is 41.0. The van der Waals surface area contributed by atoms with Gasteiger partial charge >= 0.3 is 0 Å². The number of fused-ring (bicyclic) bond motifs is 3. The lowest BCUT2D eigenvalue weighted by Crippen LogP contribution is -2.27. The number of aryl methyl sites for hydroxylation is 18. The van der Waals surface area contributed by atoms with Crippen LogP contribution in [0.3, 0.4) is 0 Å². The molecule has 2 unspecified atom stereocenters. The van der Waals surface area contributed by atoms with Crippen molar-refractivity contribution >= 4 is 32.3 Å². The molecular formula is C105H134F6N2O3. The topological polar surface area (TPSA) is 53.5 Å². The molecule has 11 heteroatoms. The Kier molecular flexibility index (Phi) is 43.6. The molecule has 11 aromatic carbocycles. The number of aromatic nitrogens is 2. The summed E-state index contributed by atoms with van der Waals surface area (Å²) in [7, 11) is 0. The molecule has 0 N–H and O–H groups in total. The zero-order valence-electron chi connectivity index (χ0n) is 74.7. The van der Waals surface area contributed by atoms with Gasteiger partial charge in [-0.1, -0.05) is 256 Å². The molecule has 0 amide bonds. The van der Waals surface area contributed by atoms with Gasteiger partial charge in [0.15, 0.2) is 6.29 Å². The lowest BCUT2D eigenvalue weighted by molar-refractivity contribution is -0.187. The van der Waals surface area contributed by atoms with Crippen LogP contribution in [0, 0.1) is 197 Å². The molecule has 5 nitrogen and oxygen atoms in total. The van der Waals surface area contributed by atoms with Gasteiger partial charge in [0, 0.05) is 46.8 Å². The van der Waals surface area contributed by atoms with E-state index >= 15 is 0 Å². The van der Waals surface area contributed by atoms with Crippen LogP contribution in [0.5, 0.6) is 0 Å². The summed E-state index contributed by atoms with van der Waals surface area (Å²) in [5.74, 6) is 2.13. The van der Waals surface area contributed by atoms with E-state index in [0.29, 0.717) is 44.9 Å². The van der Waals surface area contributed by atoms with Gasteiger partial charge in [-0.2, -0.15) is 0 Å². The third kappa shape index (κ3) is 37.8. The summed E-state index contributed by atoms with van der Waals surface area (Å²) in [5, 5.41) is 5.45. The third-order valence-corrected chi connectivity index (χ3v) is 20.3. The van der Waals surface area contributed by atoms with Crippen LogP contribution in [-0.4, -0.2) is 42.2 Å². The zero-order chi connectivity index (χ0) is 86.5. The predicted octanol–water partition coefficient (Wildman–Crippen LogP) is 30.1. The second-order valence-corrected chi connectivity index (χ2v) is 32.6. The van der Waals surface area contributed by atoms with Crippen LogP contribution in [0.1, 0.15) is 192 Å². The number of benzene rings is 11. The van der Waals surface area contributed by atoms with Crippen LogP contribution in [0.15, 0.2) is 194 Å². The lowest BCUT2D eigenvalue weighted by Gasteiger charge is -2.24. The second kappa shape index (κ2) is 51.1. The number of ether oxygens (including phenoxy) is 3. The molecule has 1 saturated carbocycles. The van der Waals surface area contributed by atoms with Crippen LogP contribution in [0.25, 0.3) is 32.3 Å². The first-order chi connectivity index (χ1) is 54.7. The highest BCUT2D eigenvalue weighted by molar-refractivity contribution is 5.86. The van der Waals surface area contributed by atoms with E-state index in [-0.39, 0.29) is 29.1 Å². The van der Waals surface area contributed by atoms with Crippen molar-refractivity contribution in [3.63, 3.8) is 0 Å². The second-order valence-electron chi connectivity index (χ2n) is 32.6. The van der Waals surface area contributed by atoms with Crippen LogP contribution >= 0.6 is 0 Å². The maximum atomic E-state index is 13.6. The number of rotatable bonds is 0. The summed E-state index contributed by atoms with van der Waals surface area (Å²) < 4.78 is 93.8. The van der Waals surface area contributed by atoms with E-state index in [4.69, 9.17) is 14.2 Å². The maximum Gasteiger partial charge on any atom is 0.154 e. The highest BCUT2D eigenvalue weighted by atomic mass is 19.2. The summed E-state index contributed by atoms with van der Waals surface area (Å²) in [5.41, 5.74) is 20.0. The normalized spacial score (nSPS) is 16.2. The zero-order valence-corrected chi connectivity index (χ0v) is 74.7. The van der Waals surface area contributed by atoms with Crippen molar-refractivity contribution < 1.29 is 40.6 Å². The molecule has 3 heterocycles. The first-order valence-corrected chi connectivity index (χ1v) is 41.0. The van der Waals surface area contributed by atoms with Gasteiger partial charge in [-0.15, -0.1) is 0 Å². The fourth-order valence-electron chi connectivity index (χ4n) is 12.0. The molecule has 15 rings (SSSR count). The van der Waals surface area contributed by atoms with Crippen molar-refractivity contribution in [3.8, 4) is 0 Å². The minimum Gasteiger partial charge on any atom is -0.378 e. The van der Waals surface area contributed by atoms with Gasteiger partial charge in [0.2, 0.25) is 0 Å². The molecule has 12 aromatic rings. The van der Waals surface area contributed by atoms with Crippen molar-refractivity contribution in [1.29, 1.82) is 0 Å². The molecule has 624 valence electrons. The Morgan fingerprint density at radius 1 is 0.250 bits per heavy atom. The maximum absolute atomic E-state index is 13.6. The Bertz CT molecular complexity index is 4570. The third-order valence-electron chi connectivity index (χ3n) is 20.3. The average molecular weight is 1590 g/mol. The quantitative estimate of drug-likeness (QED) is 0.142. The molecule has 3 fully saturated rings. The van der Waals surface area contributed by atoms with E-state index in [1.807, 2.05) is 96.4 Å². The Hall–Kier alpha value is -9.26. The number of hydrogen-bond donors (Lipinski definition) is 0. The standard InChI is InChI=1S/C12H10F2.C12H11F.C12H12.2C9H12.C8H8F2.C8H9F.C8H16.C8H10.C7H14O.C6H8N2.C6H12O2/c1-7-3-4-10-9(5-7)6-11(13)8(2)12(10)14;1-8-3-6-11-10(7-8)5-4-9(2)12(11)13;1-9-3-5-12-8-10(2)4-6-11(12)7-9;2*1-7-4-5-8(2)9(3)6-7;1-5-3-7(9)6(2)8(10)4-5;1-6-3-4-7(2)8(9)5-6;2*1-7-3-5-8(2)6-4-7;1-6-3-4-7(2)8-5-6;2*1-5-3-7-6(2)8-4-5/h3-6H,1-2H3;3-7H,1-2H3;3-8H,1-2H3;2*4-6H,1-3H3;3-4H,1-2H3;3-5H,1-2H3;7-8H,3-6H2,1-2H3;3-6H,1-2H3;6-7H,3-5H2,1-2H3;3-4H,1-2H3;5-6H,3-4H2,1-2H3. The van der Waals surface area contributed by atoms with Crippen molar-refractivity contribution in [2.75, 3.05) is 19.8 Å². The lowest BCUT2D eigenvalue weighted by atomic mass is 9.84. The fraction of sp³-hybridized carbons (Fsp3) is 0.390. The molecule has 1 aliphatic carbocycles. The van der Waals surface area contributed by atoms with E-state index in [1.165, 1.54) is 143 Å². The van der Waals surface area contributed by atoms with Crippen LogP contribution in [-0.2, 0) is 14.2 Å². The summed E-state index contributed by atoms with van der Waals surface area (Å²) in [4.78, 5) is 7.94. The molecular weight excluding hydrogens is 1450 g/mol. The minimum absolute atomic E-state index is 0.0196. The van der Waals surface area contributed by atoms with Crippen molar-refractivity contribution in [2.45, 2.75) is 231 Å². The Morgan fingerprint density at radius 3 is 0.974 bits per heavy atom. The average Bonchev–Trinajstić information content (AvgIpc) is 0.821. The number of halogens is 6. The smallest absolute Gasteiger partial charge is 0.154 e. The summed E-state index contributed by atoms with van der Waals surface area (Å²) in [6.45, 7) is 54.8. The van der Waals surface area contributed by atoms with Gasteiger partial charge in [-0.3, -0.25) is 0 Å². The van der Waals surface area contributed by atoms with Crippen LogP contribution < -0.4 is 0 Å². The molecule has 3 aliphatic rings. The van der Waals surface area contributed by atoms with Gasteiger partial charge in [0.1, 0.15) is 40.7 Å². The van der Waals surface area contributed by atoms with E-state index in [1.54, 1.807) is 39.0 Å². The Morgan fingerprint density at radius 2 is 0.586 bits per heavy atom. The largest absolute Gasteiger partial charge is 0.378 e. The summed E-state index contributed by atoms with van der Waals surface area (Å²) >= 11 is 0. The van der Waals surface area contributed by atoms with E-state index in [0.717, 1.165) is 71.0 Å². The van der Waals surface area contributed by atoms with Crippen molar-refractivity contribution in [2.24, 2.45) is 23.7 Å². The molecule has 0 spiro atoms. The molecule has 2 atom stereocenters. The summed E-state index contributed by atoms with van der Waals surface area (Å²) in [6, 6.07) is 58.7. The Labute approximate surface area is 694 Å². The highest BCUT2D eigenvalue weighted by Gasteiger charge is 2.16. The highest BCUT2D eigenvalue weighted by Crippen LogP contribution is 2.29. The van der Waals surface area contributed by atoms with Gasteiger partial charge in [0.05, 0.1) is 19.3 Å². The van der Waals surface area contributed by atoms with E-state index in [9.17, 15) is 26.3 Å². The van der Waals surface area contributed by atoms with Gasteiger partial charge in [0.25, 0.3) is 0 Å². The molecule has 116 heavy (non-hydrogen) atoms. The minimum atomic E-state index is -0.486.